The predicted molar refractivity (Wildman–Crippen MR) is 79.8 cm³/mol. The molecule has 0 aromatic heterocycles. The van der Waals surface area contributed by atoms with Crippen molar-refractivity contribution in [3.05, 3.63) is 11.6 Å². The Morgan fingerprint density at radius 1 is 1.48 bits per heavy atom. The highest BCUT2D eigenvalue weighted by molar-refractivity contribution is 6.00. The smallest absolute Gasteiger partial charge is 0.410 e. The lowest BCUT2D eigenvalue weighted by Gasteiger charge is -2.45. The molecule has 0 aromatic carbocycles. The van der Waals surface area contributed by atoms with E-state index >= 15 is 0 Å². The zero-order chi connectivity index (χ0) is 17.2. The molecule has 1 N–H and O–H groups in total. The van der Waals surface area contributed by atoms with Gasteiger partial charge in [-0.15, -0.1) is 0 Å². The Balaban J connectivity index is 2.45. The maximum Gasteiger partial charge on any atom is 0.410 e. The van der Waals surface area contributed by atoms with Gasteiger partial charge in [0.25, 0.3) is 0 Å². The van der Waals surface area contributed by atoms with Crippen molar-refractivity contribution in [3.8, 4) is 18.2 Å². The van der Waals surface area contributed by atoms with Gasteiger partial charge in [-0.2, -0.15) is 15.8 Å². The number of nitriles is 3. The average molecular weight is 311 g/mol. The van der Waals surface area contributed by atoms with Gasteiger partial charge in [0.05, 0.1) is 30.5 Å². The molecule has 0 spiro atoms. The molecule has 2 rings (SSSR count). The summed E-state index contributed by atoms with van der Waals surface area (Å²) in [7, 11) is 0. The van der Waals surface area contributed by atoms with E-state index in [0.717, 1.165) is 5.57 Å². The first-order chi connectivity index (χ1) is 11.0. The van der Waals surface area contributed by atoms with Gasteiger partial charge in [-0.25, -0.2) is 4.79 Å². The minimum absolute atomic E-state index is 0.162. The molecule has 7 nitrogen and oxygen atoms in total. The average Bonchev–Trinajstić information content (AvgIpc) is 2.56. The van der Waals surface area contributed by atoms with Crippen molar-refractivity contribution in [1.29, 1.82) is 21.2 Å². The Morgan fingerprint density at radius 2 is 2.13 bits per heavy atom. The molecular formula is C16H17N5O2. The first-order valence-corrected chi connectivity index (χ1v) is 7.39. The molecule has 0 aromatic rings. The zero-order valence-electron chi connectivity index (χ0n) is 13.0. The minimum atomic E-state index is -1.64. The molecule has 23 heavy (non-hydrogen) atoms. The third-order valence-corrected chi connectivity index (χ3v) is 4.73. The van der Waals surface area contributed by atoms with Gasteiger partial charge in [-0.1, -0.05) is 13.0 Å². The van der Waals surface area contributed by atoms with Gasteiger partial charge in [0, 0.05) is 24.9 Å². The number of nitrogens with one attached hydrogen (secondary N) is 1. The van der Waals surface area contributed by atoms with Crippen molar-refractivity contribution in [1.82, 2.24) is 4.90 Å². The van der Waals surface area contributed by atoms with Crippen molar-refractivity contribution >= 4 is 11.8 Å². The van der Waals surface area contributed by atoms with Crippen LogP contribution in [0.3, 0.4) is 0 Å². The Kier molecular flexibility index (Phi) is 4.38. The molecule has 1 unspecified atom stereocenters. The van der Waals surface area contributed by atoms with Gasteiger partial charge in [0.2, 0.25) is 0 Å². The number of carbonyl (C=O) groups is 1. The maximum atomic E-state index is 11.9. The zero-order valence-corrected chi connectivity index (χ0v) is 13.0. The van der Waals surface area contributed by atoms with Crippen LogP contribution in [0.15, 0.2) is 11.6 Å². The van der Waals surface area contributed by atoms with Crippen LogP contribution in [0.25, 0.3) is 0 Å². The van der Waals surface area contributed by atoms with Crippen molar-refractivity contribution in [3.63, 3.8) is 0 Å². The van der Waals surface area contributed by atoms with E-state index in [-0.39, 0.29) is 24.8 Å². The van der Waals surface area contributed by atoms with E-state index in [1.54, 1.807) is 19.9 Å². The summed E-state index contributed by atoms with van der Waals surface area (Å²) in [5, 5.41) is 36.6. The Bertz CT molecular complexity index is 677. The largest absolute Gasteiger partial charge is 0.450 e. The molecule has 118 valence electrons. The Labute approximate surface area is 134 Å². The maximum absolute atomic E-state index is 11.9. The van der Waals surface area contributed by atoms with E-state index in [9.17, 15) is 20.6 Å². The van der Waals surface area contributed by atoms with Crippen LogP contribution in [-0.4, -0.2) is 36.4 Å². The van der Waals surface area contributed by atoms with Crippen LogP contribution in [0.1, 0.15) is 13.8 Å². The summed E-state index contributed by atoms with van der Waals surface area (Å²) in [4.78, 5) is 13.4. The number of ether oxygens (including phenoxy) is 1. The molecule has 2 aliphatic rings. The number of hydrogen-bond acceptors (Lipinski definition) is 6. The summed E-state index contributed by atoms with van der Waals surface area (Å²) in [5.74, 6) is -1.69. The molecule has 7 heteroatoms. The van der Waals surface area contributed by atoms with E-state index in [1.807, 2.05) is 18.2 Å². The van der Waals surface area contributed by atoms with Gasteiger partial charge in [0.1, 0.15) is 5.92 Å². The summed E-state index contributed by atoms with van der Waals surface area (Å²) >= 11 is 0. The van der Waals surface area contributed by atoms with Crippen LogP contribution < -0.4 is 0 Å². The molecule has 0 radical (unpaired) electrons. The van der Waals surface area contributed by atoms with Crippen LogP contribution in [0.5, 0.6) is 0 Å². The van der Waals surface area contributed by atoms with E-state index in [4.69, 9.17) is 10.1 Å². The normalized spacial score (nSPS) is 28.5. The van der Waals surface area contributed by atoms with E-state index in [0.29, 0.717) is 6.54 Å². The fourth-order valence-corrected chi connectivity index (χ4v) is 3.36. The number of fused-ring (bicyclic) bond motifs is 1. The van der Waals surface area contributed by atoms with E-state index in [2.05, 4.69) is 0 Å². The fraction of sp³-hybridized carbons (Fsp3) is 0.562. The van der Waals surface area contributed by atoms with Gasteiger partial charge in [0.15, 0.2) is 5.41 Å². The third kappa shape index (κ3) is 2.33. The summed E-state index contributed by atoms with van der Waals surface area (Å²) in [6, 6.07) is 5.91. The summed E-state index contributed by atoms with van der Waals surface area (Å²) < 4.78 is 5.00. The number of hydrogen-bond donors (Lipinski definition) is 1. The molecule has 1 heterocycles. The number of amides is 1. The van der Waals surface area contributed by atoms with Gasteiger partial charge in [-0.05, 0) is 12.5 Å². The predicted octanol–water partition coefficient (Wildman–Crippen LogP) is 1.84. The van der Waals surface area contributed by atoms with Crippen molar-refractivity contribution in [2.45, 2.75) is 13.8 Å². The highest BCUT2D eigenvalue weighted by Crippen LogP contribution is 2.48. The fourth-order valence-electron chi connectivity index (χ4n) is 3.36. The van der Waals surface area contributed by atoms with Gasteiger partial charge < -0.3 is 15.0 Å². The number of carbonyl (C=O) groups excluding carboxylic acids is 1. The summed E-state index contributed by atoms with van der Waals surface area (Å²) in [5.41, 5.74) is -1.07. The quantitative estimate of drug-likeness (QED) is 0.740. The molecule has 0 bridgehead atoms. The Morgan fingerprint density at radius 3 is 2.65 bits per heavy atom. The lowest BCUT2D eigenvalue weighted by atomic mass is 9.56. The van der Waals surface area contributed by atoms with Crippen LogP contribution in [0.2, 0.25) is 0 Å². The van der Waals surface area contributed by atoms with Crippen molar-refractivity contribution in [2.75, 3.05) is 19.7 Å². The van der Waals surface area contributed by atoms with Crippen molar-refractivity contribution < 1.29 is 9.53 Å². The summed E-state index contributed by atoms with van der Waals surface area (Å²) in [6.45, 7) is 4.28. The molecule has 3 atom stereocenters. The lowest BCUT2D eigenvalue weighted by Crippen LogP contribution is -2.53. The third-order valence-electron chi connectivity index (χ3n) is 4.73. The van der Waals surface area contributed by atoms with Gasteiger partial charge in [-0.3, -0.25) is 0 Å². The molecule has 1 aliphatic heterocycles. The molecule has 1 saturated carbocycles. The van der Waals surface area contributed by atoms with E-state index in [1.165, 1.54) is 4.90 Å². The van der Waals surface area contributed by atoms with Gasteiger partial charge >= 0.3 is 6.09 Å². The molecule has 1 fully saturated rings. The number of rotatable bonds is 1. The minimum Gasteiger partial charge on any atom is -0.450 e. The molecule has 0 saturated heterocycles. The standard InChI is InChI=1S/C16H17N5O2/c1-3-23-15(22)21-5-4-11-12(6-17)14(20)16(8-18,9-19)10(2)13(11)7-21/h4,10,12-13,20H,3,5,7H2,1-2H3/t10-,12?,13-/m0/s1. The highest BCUT2D eigenvalue weighted by atomic mass is 16.6. The lowest BCUT2D eigenvalue weighted by molar-refractivity contribution is 0.0953. The molecule has 1 amide bonds. The van der Waals surface area contributed by atoms with Crippen LogP contribution in [-0.2, 0) is 4.74 Å². The monoisotopic (exact) mass is 311 g/mol. The highest BCUT2D eigenvalue weighted by Gasteiger charge is 2.55. The SMILES string of the molecule is CCOC(=O)N1CC=C2C(C#N)C(=N)C(C#N)(C#N)[C@@H](C)[C@@H]2C1. The van der Waals surface area contributed by atoms with E-state index < -0.39 is 23.3 Å². The first kappa shape index (κ1) is 16.5. The Hall–Kier alpha value is -2.85. The van der Waals surface area contributed by atoms with Crippen LogP contribution in [0.4, 0.5) is 4.79 Å². The van der Waals surface area contributed by atoms with Crippen LogP contribution in [0, 0.1) is 62.6 Å². The molecular weight excluding hydrogens is 294 g/mol. The second-order valence-corrected chi connectivity index (χ2v) is 5.71. The van der Waals surface area contributed by atoms with Crippen molar-refractivity contribution in [2.24, 2.45) is 23.2 Å². The van der Waals surface area contributed by atoms with Crippen LogP contribution >= 0.6 is 0 Å². The summed E-state index contributed by atoms with van der Waals surface area (Å²) in [6.07, 6.45) is 1.30. The second-order valence-electron chi connectivity index (χ2n) is 5.71. The first-order valence-electron chi connectivity index (χ1n) is 7.39. The number of nitrogens with zero attached hydrogens (tertiary/aromatic N) is 4. The molecule has 1 aliphatic carbocycles. The topological polar surface area (TPSA) is 125 Å². The second kappa shape index (κ2) is 6.10.